The summed E-state index contributed by atoms with van der Waals surface area (Å²) in [5.41, 5.74) is -0.264. The van der Waals surface area contributed by atoms with Gasteiger partial charge in [-0.25, -0.2) is 14.0 Å². The minimum atomic E-state index is -1.07. The van der Waals surface area contributed by atoms with E-state index in [0.717, 1.165) is 44.1 Å². The monoisotopic (exact) mass is 553 g/mol. The Bertz CT molecular complexity index is 1010. The molecule has 2 atom stereocenters. The first-order valence-electron chi connectivity index (χ1n) is 12.9. The van der Waals surface area contributed by atoms with Gasteiger partial charge in [-0.3, -0.25) is 14.3 Å². The molecule has 0 spiro atoms. The lowest BCUT2D eigenvalue weighted by atomic mass is 9.79. The Hall–Kier alpha value is -2.82. The highest BCUT2D eigenvalue weighted by molar-refractivity contribution is 8.00. The van der Waals surface area contributed by atoms with E-state index < -0.39 is 40.2 Å². The van der Waals surface area contributed by atoms with Gasteiger partial charge < -0.3 is 20.1 Å². The molecule has 1 aliphatic carbocycles. The van der Waals surface area contributed by atoms with E-state index in [-0.39, 0.29) is 30.4 Å². The first-order chi connectivity index (χ1) is 17.8. The molecule has 1 saturated carbocycles. The van der Waals surface area contributed by atoms with Crippen LogP contribution in [-0.4, -0.2) is 47.4 Å². The van der Waals surface area contributed by atoms with E-state index in [0.29, 0.717) is 5.56 Å². The summed E-state index contributed by atoms with van der Waals surface area (Å²) >= 11 is 0.987. The molecule has 3 amide bonds. The summed E-state index contributed by atoms with van der Waals surface area (Å²) in [7, 11) is 1.21. The quantitative estimate of drug-likeness (QED) is 0.279. The van der Waals surface area contributed by atoms with Gasteiger partial charge in [0.2, 0.25) is 11.8 Å². The zero-order valence-corrected chi connectivity index (χ0v) is 23.9. The van der Waals surface area contributed by atoms with Gasteiger partial charge in [0.15, 0.2) is 0 Å². The van der Waals surface area contributed by atoms with Gasteiger partial charge >= 0.3 is 12.1 Å². The molecule has 0 bridgehead atoms. The number of carbonyl (C=O) groups is 4. The molecular weight excluding hydrogens is 513 g/mol. The van der Waals surface area contributed by atoms with Crippen molar-refractivity contribution in [2.75, 3.05) is 12.4 Å². The highest BCUT2D eigenvalue weighted by atomic mass is 32.2. The van der Waals surface area contributed by atoms with Crippen LogP contribution in [0.4, 0.5) is 14.9 Å². The molecule has 2 rings (SSSR count). The predicted octanol–water partition coefficient (Wildman–Crippen LogP) is 4.89. The van der Waals surface area contributed by atoms with E-state index in [9.17, 15) is 19.2 Å². The number of halogens is 1. The van der Waals surface area contributed by atoms with Gasteiger partial charge in [-0.1, -0.05) is 32.3 Å². The number of hydrogen-bond donors (Lipinski definition) is 3. The van der Waals surface area contributed by atoms with Crippen molar-refractivity contribution in [1.82, 2.24) is 10.0 Å². The molecule has 0 aromatic heterocycles. The molecule has 0 radical (unpaired) electrons. The molecule has 38 heavy (non-hydrogen) atoms. The van der Waals surface area contributed by atoms with Crippen LogP contribution >= 0.6 is 11.9 Å². The smallest absolute Gasteiger partial charge is 0.417 e. The van der Waals surface area contributed by atoms with Gasteiger partial charge in [0.05, 0.1) is 12.8 Å². The third-order valence-corrected chi connectivity index (χ3v) is 7.66. The third-order valence-electron chi connectivity index (χ3n) is 6.44. The van der Waals surface area contributed by atoms with Gasteiger partial charge in [0.1, 0.15) is 22.2 Å². The maximum absolute atomic E-state index is 15.1. The minimum Gasteiger partial charge on any atom is -0.467 e. The topological polar surface area (TPSA) is 123 Å². The van der Waals surface area contributed by atoms with E-state index in [1.54, 1.807) is 40.7 Å². The lowest BCUT2D eigenvalue weighted by molar-refractivity contribution is -0.145. The number of nitrogens with one attached hydrogen (secondary N) is 3. The first kappa shape index (κ1) is 31.4. The van der Waals surface area contributed by atoms with Crippen molar-refractivity contribution in [3.63, 3.8) is 0 Å². The van der Waals surface area contributed by atoms with Crippen molar-refractivity contribution in [2.45, 2.75) is 96.0 Å². The number of methoxy groups -OCH3 is 1. The number of carbonyl (C=O) groups excluding carboxylic acids is 4. The summed E-state index contributed by atoms with van der Waals surface area (Å²) < 4.78 is 26.7. The summed E-state index contributed by atoms with van der Waals surface area (Å²) in [5.74, 6) is -2.11. The van der Waals surface area contributed by atoms with Crippen LogP contribution in [0.25, 0.3) is 0 Å². The molecule has 0 aliphatic heterocycles. The maximum atomic E-state index is 15.1. The van der Waals surface area contributed by atoms with Crippen molar-refractivity contribution < 1.29 is 33.0 Å². The lowest BCUT2D eigenvalue weighted by Crippen LogP contribution is -2.47. The molecule has 1 aromatic rings. The summed E-state index contributed by atoms with van der Waals surface area (Å²) in [6.45, 7) is 8.67. The minimum absolute atomic E-state index is 0.0223. The van der Waals surface area contributed by atoms with Crippen LogP contribution in [0.3, 0.4) is 0 Å². The van der Waals surface area contributed by atoms with Crippen molar-refractivity contribution in [2.24, 2.45) is 5.92 Å². The highest BCUT2D eigenvalue weighted by Crippen LogP contribution is 2.41. The van der Waals surface area contributed by atoms with Gasteiger partial charge in [-0.15, -0.1) is 0 Å². The second-order valence-corrected chi connectivity index (χ2v) is 11.9. The van der Waals surface area contributed by atoms with Crippen molar-refractivity contribution in [3.8, 4) is 0 Å². The van der Waals surface area contributed by atoms with E-state index in [4.69, 9.17) is 9.47 Å². The molecular formula is C27H40FN3O6S. The zero-order chi connectivity index (χ0) is 28.5. The van der Waals surface area contributed by atoms with E-state index in [2.05, 4.69) is 15.4 Å². The van der Waals surface area contributed by atoms with E-state index in [1.165, 1.54) is 19.2 Å². The summed E-state index contributed by atoms with van der Waals surface area (Å²) in [4.78, 5) is 49.7. The number of ether oxygens (including phenoxy) is 2. The number of anilines is 1. The Balaban J connectivity index is 2.19. The normalized spacial score (nSPS) is 16.5. The lowest BCUT2D eigenvalue weighted by Gasteiger charge is -2.37. The Kier molecular flexibility index (Phi) is 11.4. The van der Waals surface area contributed by atoms with E-state index >= 15 is 4.39 Å². The Morgan fingerprint density at radius 2 is 1.76 bits per heavy atom. The van der Waals surface area contributed by atoms with Crippen LogP contribution in [0.15, 0.2) is 18.2 Å². The molecule has 0 heterocycles. The zero-order valence-electron chi connectivity index (χ0n) is 23.1. The van der Waals surface area contributed by atoms with Crippen LogP contribution in [0.1, 0.15) is 78.7 Å². The van der Waals surface area contributed by atoms with Gasteiger partial charge in [-0.2, -0.15) is 0 Å². The maximum Gasteiger partial charge on any atom is 0.417 e. The predicted molar refractivity (Wildman–Crippen MR) is 145 cm³/mol. The SMILES string of the molecule is CCC(=O)N[C@H](Cc1ccc(NC(=O)[C@](C)(SNC(=O)OC(C)(C)C)C2CCCCC2)c(F)c1)C(=O)OC. The second kappa shape index (κ2) is 13.8. The number of esters is 1. The largest absolute Gasteiger partial charge is 0.467 e. The van der Waals surface area contributed by atoms with Crippen LogP contribution in [-0.2, 0) is 30.3 Å². The van der Waals surface area contributed by atoms with Crippen LogP contribution in [0.2, 0.25) is 0 Å². The third kappa shape index (κ3) is 9.18. The number of hydrogen-bond acceptors (Lipinski definition) is 7. The molecule has 0 unspecified atom stereocenters. The Labute approximate surface area is 228 Å². The Morgan fingerprint density at radius 3 is 2.32 bits per heavy atom. The molecule has 0 saturated heterocycles. The molecule has 212 valence electrons. The van der Waals surface area contributed by atoms with Crippen LogP contribution in [0, 0.1) is 11.7 Å². The molecule has 1 fully saturated rings. The molecule has 3 N–H and O–H groups in total. The van der Waals surface area contributed by atoms with Crippen LogP contribution < -0.4 is 15.4 Å². The van der Waals surface area contributed by atoms with Crippen LogP contribution in [0.5, 0.6) is 0 Å². The number of amides is 3. The fourth-order valence-corrected chi connectivity index (χ4v) is 5.20. The number of benzene rings is 1. The van der Waals surface area contributed by atoms with E-state index in [1.807, 2.05) is 0 Å². The standard InChI is InChI=1S/C27H40FN3O6S/c1-7-22(32)29-21(23(33)36-6)16-17-13-14-20(19(28)15-17)30-24(34)27(5,18-11-9-8-10-12-18)38-31-25(35)37-26(2,3)4/h13-15,18,21H,7-12,16H2,1-6H3,(H,29,32)(H,30,34)(H,31,35)/t21-,27-/m1/s1. The average molecular weight is 554 g/mol. The summed E-state index contributed by atoms with van der Waals surface area (Å²) in [5, 5.41) is 5.26. The molecule has 11 heteroatoms. The Morgan fingerprint density at radius 1 is 1.11 bits per heavy atom. The molecule has 9 nitrogen and oxygen atoms in total. The van der Waals surface area contributed by atoms with Crippen molar-refractivity contribution in [3.05, 3.63) is 29.6 Å². The van der Waals surface area contributed by atoms with Gasteiger partial charge in [0.25, 0.3) is 0 Å². The fourth-order valence-electron chi connectivity index (χ4n) is 4.32. The van der Waals surface area contributed by atoms with Gasteiger partial charge in [-0.05, 0) is 76.1 Å². The number of rotatable bonds is 10. The fraction of sp³-hybridized carbons (Fsp3) is 0.630. The molecule has 1 aromatic carbocycles. The first-order valence-corrected chi connectivity index (χ1v) is 13.7. The van der Waals surface area contributed by atoms with Gasteiger partial charge in [0, 0.05) is 12.8 Å². The average Bonchev–Trinajstić information content (AvgIpc) is 2.87. The van der Waals surface area contributed by atoms with Crippen molar-refractivity contribution in [1.29, 1.82) is 0 Å². The molecule has 1 aliphatic rings. The summed E-state index contributed by atoms with van der Waals surface area (Å²) in [6.07, 6.45) is 4.22. The highest BCUT2D eigenvalue weighted by Gasteiger charge is 2.44. The van der Waals surface area contributed by atoms with Crippen molar-refractivity contribution >= 4 is 41.5 Å². The second-order valence-electron chi connectivity index (χ2n) is 10.6. The summed E-state index contributed by atoms with van der Waals surface area (Å²) in [6, 6.07) is 3.26.